The van der Waals surface area contributed by atoms with Crippen LogP contribution in [0.4, 0.5) is 18.9 Å². The smallest absolute Gasteiger partial charge is 0.249 e. The van der Waals surface area contributed by atoms with Gasteiger partial charge in [0.2, 0.25) is 5.91 Å². The number of nitrogens with zero attached hydrogens (tertiary/aromatic N) is 2. The lowest BCUT2D eigenvalue weighted by atomic mass is 9.98. The summed E-state index contributed by atoms with van der Waals surface area (Å²) in [6.07, 6.45) is 4.08. The monoisotopic (exact) mass is 437 g/mol. The predicted octanol–water partition coefficient (Wildman–Crippen LogP) is 4.71. The normalized spacial score (nSPS) is 13.9. The topological polar surface area (TPSA) is 45.2 Å². The molecule has 4 nitrogen and oxygen atoms in total. The van der Waals surface area contributed by atoms with E-state index in [9.17, 15) is 18.0 Å². The number of nitrogens with one attached hydrogen (secondary N) is 1. The van der Waals surface area contributed by atoms with E-state index < -0.39 is 29.4 Å². The van der Waals surface area contributed by atoms with Crippen LogP contribution in [0, 0.1) is 17.5 Å². The zero-order valence-corrected chi connectivity index (χ0v) is 17.3. The second-order valence-corrected chi connectivity index (χ2v) is 7.71. The van der Waals surface area contributed by atoms with Gasteiger partial charge in [-0.2, -0.15) is 0 Å². The van der Waals surface area contributed by atoms with Crippen LogP contribution in [0.25, 0.3) is 0 Å². The van der Waals surface area contributed by atoms with Crippen LogP contribution in [0.5, 0.6) is 0 Å². The van der Waals surface area contributed by atoms with Gasteiger partial charge in [-0.25, -0.2) is 13.2 Å². The molecule has 0 saturated heterocycles. The Labute approximate surface area is 184 Å². The van der Waals surface area contributed by atoms with Crippen LogP contribution >= 0.6 is 0 Å². The van der Waals surface area contributed by atoms with E-state index in [0.717, 1.165) is 11.1 Å². The second-order valence-electron chi connectivity index (χ2n) is 7.71. The molecular formula is C25H22F3N3O. The SMILES string of the molecule is C=C(CN1CCCc2c(F)c(F)cc(F)c21)C(=O)NC(c1ccccc1)c1cccnc1. The predicted molar refractivity (Wildman–Crippen MR) is 117 cm³/mol. The molecule has 7 heteroatoms. The largest absolute Gasteiger partial charge is 0.364 e. The summed E-state index contributed by atoms with van der Waals surface area (Å²) in [5.74, 6) is -3.51. The first kappa shape index (κ1) is 21.6. The van der Waals surface area contributed by atoms with Crippen molar-refractivity contribution in [2.75, 3.05) is 18.0 Å². The van der Waals surface area contributed by atoms with Gasteiger partial charge in [0.15, 0.2) is 11.6 Å². The van der Waals surface area contributed by atoms with Crippen LogP contribution in [0.3, 0.4) is 0 Å². The average Bonchev–Trinajstić information content (AvgIpc) is 2.82. The maximum Gasteiger partial charge on any atom is 0.249 e. The Morgan fingerprint density at radius 3 is 2.56 bits per heavy atom. The molecule has 32 heavy (non-hydrogen) atoms. The van der Waals surface area contributed by atoms with Crippen LogP contribution in [-0.4, -0.2) is 24.0 Å². The minimum absolute atomic E-state index is 0.000481. The number of anilines is 1. The van der Waals surface area contributed by atoms with Crippen LogP contribution in [0.2, 0.25) is 0 Å². The lowest BCUT2D eigenvalue weighted by molar-refractivity contribution is -0.118. The fraction of sp³-hybridized carbons (Fsp3) is 0.200. The molecule has 2 aromatic carbocycles. The number of hydrogen-bond acceptors (Lipinski definition) is 3. The van der Waals surface area contributed by atoms with Gasteiger partial charge >= 0.3 is 0 Å². The van der Waals surface area contributed by atoms with Crippen LogP contribution in [0.1, 0.15) is 29.2 Å². The number of halogens is 3. The van der Waals surface area contributed by atoms with Gasteiger partial charge in [0, 0.05) is 42.7 Å². The number of carbonyl (C=O) groups excluding carboxylic acids is 1. The number of fused-ring (bicyclic) bond motifs is 1. The maximum atomic E-state index is 14.5. The highest BCUT2D eigenvalue weighted by Crippen LogP contribution is 2.34. The van der Waals surface area contributed by atoms with E-state index in [4.69, 9.17) is 0 Å². The van der Waals surface area contributed by atoms with Gasteiger partial charge < -0.3 is 10.2 Å². The summed E-state index contributed by atoms with van der Waals surface area (Å²) in [6.45, 7) is 4.28. The van der Waals surface area contributed by atoms with E-state index in [1.807, 2.05) is 36.4 Å². The summed E-state index contributed by atoms with van der Waals surface area (Å²) >= 11 is 0. The molecule has 2 heterocycles. The molecule has 3 aromatic rings. The van der Waals surface area contributed by atoms with Crippen molar-refractivity contribution in [1.29, 1.82) is 0 Å². The van der Waals surface area contributed by atoms with Gasteiger partial charge in [0.1, 0.15) is 5.82 Å². The molecule has 0 bridgehead atoms. The molecule has 1 amide bonds. The van der Waals surface area contributed by atoms with E-state index in [1.54, 1.807) is 23.4 Å². The fourth-order valence-electron chi connectivity index (χ4n) is 4.01. The summed E-state index contributed by atoms with van der Waals surface area (Å²) < 4.78 is 42.3. The molecule has 164 valence electrons. The highest BCUT2D eigenvalue weighted by Gasteiger charge is 2.28. The van der Waals surface area contributed by atoms with Crippen molar-refractivity contribution in [2.45, 2.75) is 18.9 Å². The van der Waals surface area contributed by atoms with Crippen molar-refractivity contribution < 1.29 is 18.0 Å². The number of benzene rings is 2. The molecule has 0 radical (unpaired) electrons. The summed E-state index contributed by atoms with van der Waals surface area (Å²) in [6, 6.07) is 13.2. The summed E-state index contributed by atoms with van der Waals surface area (Å²) in [5, 5.41) is 2.97. The first-order chi connectivity index (χ1) is 15.5. The molecule has 0 aliphatic carbocycles. The van der Waals surface area contributed by atoms with Gasteiger partial charge in [0.05, 0.1) is 11.7 Å². The number of pyridine rings is 1. The highest BCUT2D eigenvalue weighted by atomic mass is 19.2. The maximum absolute atomic E-state index is 14.5. The number of rotatable bonds is 6. The zero-order chi connectivity index (χ0) is 22.7. The van der Waals surface area contributed by atoms with E-state index in [-0.39, 0.29) is 29.8 Å². The van der Waals surface area contributed by atoms with Crippen LogP contribution < -0.4 is 10.2 Å². The quantitative estimate of drug-likeness (QED) is 0.449. The van der Waals surface area contributed by atoms with Crippen molar-refractivity contribution in [2.24, 2.45) is 0 Å². The van der Waals surface area contributed by atoms with E-state index in [0.29, 0.717) is 19.0 Å². The highest BCUT2D eigenvalue weighted by molar-refractivity contribution is 5.94. The van der Waals surface area contributed by atoms with Gasteiger partial charge in [-0.05, 0) is 30.0 Å². The Balaban J connectivity index is 1.55. The molecule has 4 rings (SSSR count). The zero-order valence-electron chi connectivity index (χ0n) is 17.3. The number of aromatic nitrogens is 1. The van der Waals surface area contributed by atoms with Gasteiger partial charge in [0.25, 0.3) is 0 Å². The molecule has 0 saturated carbocycles. The Bertz CT molecular complexity index is 1100. The minimum atomic E-state index is -1.21. The van der Waals surface area contributed by atoms with Crippen molar-refractivity contribution in [1.82, 2.24) is 10.3 Å². The van der Waals surface area contributed by atoms with Gasteiger partial charge in [-0.3, -0.25) is 9.78 Å². The Morgan fingerprint density at radius 2 is 1.84 bits per heavy atom. The minimum Gasteiger partial charge on any atom is -0.364 e. The molecule has 0 fully saturated rings. The number of amides is 1. The average molecular weight is 437 g/mol. The molecule has 1 unspecified atom stereocenters. The van der Waals surface area contributed by atoms with Crippen molar-refractivity contribution >= 4 is 11.6 Å². The van der Waals surface area contributed by atoms with Crippen molar-refractivity contribution in [3.63, 3.8) is 0 Å². The molecule has 0 spiro atoms. The third-order valence-corrected chi connectivity index (χ3v) is 5.54. The molecule has 1 aliphatic heterocycles. The molecular weight excluding hydrogens is 415 g/mol. The fourth-order valence-corrected chi connectivity index (χ4v) is 4.01. The molecule has 1 atom stereocenters. The van der Waals surface area contributed by atoms with Crippen molar-refractivity contribution in [3.8, 4) is 0 Å². The van der Waals surface area contributed by atoms with Gasteiger partial charge in [-0.15, -0.1) is 0 Å². The van der Waals surface area contributed by atoms with E-state index in [1.165, 1.54) is 0 Å². The molecule has 1 aliphatic rings. The van der Waals surface area contributed by atoms with E-state index in [2.05, 4.69) is 16.9 Å². The Hall–Kier alpha value is -3.61. The standard InChI is InChI=1S/C25H22F3N3O/c1-16(15-31-12-6-10-19-22(28)20(26)13-21(27)24(19)31)25(32)30-23(17-7-3-2-4-8-17)18-9-5-11-29-14-18/h2-5,7-9,11,13-14,23H,1,6,10,12,15H2,(H,30,32). The first-order valence-electron chi connectivity index (χ1n) is 10.3. The second kappa shape index (κ2) is 9.26. The van der Waals surface area contributed by atoms with Gasteiger partial charge in [-0.1, -0.05) is 43.0 Å². The lowest BCUT2D eigenvalue weighted by Gasteiger charge is -2.32. The third-order valence-electron chi connectivity index (χ3n) is 5.54. The summed E-state index contributed by atoms with van der Waals surface area (Å²) in [7, 11) is 0. The lowest BCUT2D eigenvalue weighted by Crippen LogP contribution is -2.38. The van der Waals surface area contributed by atoms with Crippen LogP contribution in [-0.2, 0) is 11.2 Å². The summed E-state index contributed by atoms with van der Waals surface area (Å²) in [4.78, 5) is 18.7. The van der Waals surface area contributed by atoms with E-state index >= 15 is 0 Å². The number of hydrogen-bond donors (Lipinski definition) is 1. The summed E-state index contributed by atoms with van der Waals surface area (Å²) in [5.41, 5.74) is 1.85. The molecule has 1 N–H and O–H groups in total. The Kier molecular flexibility index (Phi) is 6.25. The van der Waals surface area contributed by atoms with Crippen LogP contribution in [0.15, 0.2) is 73.1 Å². The first-order valence-corrected chi connectivity index (χ1v) is 10.3. The Morgan fingerprint density at radius 1 is 1.09 bits per heavy atom. The third kappa shape index (κ3) is 4.37. The number of carbonyl (C=O) groups is 1. The molecule has 1 aromatic heterocycles. The van der Waals surface area contributed by atoms with Crippen molar-refractivity contribution in [3.05, 3.63) is 107 Å².